The third-order valence-electron chi connectivity index (χ3n) is 6.42. The van der Waals surface area contributed by atoms with Gasteiger partial charge in [-0.1, -0.05) is 20.8 Å². The first-order valence-corrected chi connectivity index (χ1v) is 13.2. The summed E-state index contributed by atoms with van der Waals surface area (Å²) in [6, 6.07) is 11.6. The SMILES string of the molecule is CC(=O)c1ccc(-c2nccc3[nH]c(-c4[nH]nc5ncc(-c6cncc(NC(=O)C(C)(C)C)c6)cc45)cc23)s1. The van der Waals surface area contributed by atoms with Crippen LogP contribution in [0.2, 0.25) is 0 Å². The Labute approximate surface area is 227 Å². The molecule has 0 aromatic carbocycles. The van der Waals surface area contributed by atoms with E-state index in [0.29, 0.717) is 16.2 Å². The maximum absolute atomic E-state index is 12.5. The van der Waals surface area contributed by atoms with Crippen LogP contribution in [0.3, 0.4) is 0 Å². The van der Waals surface area contributed by atoms with E-state index in [-0.39, 0.29) is 11.7 Å². The second-order valence-corrected chi connectivity index (χ2v) is 11.5. The van der Waals surface area contributed by atoms with Gasteiger partial charge in [-0.15, -0.1) is 11.3 Å². The van der Waals surface area contributed by atoms with Crippen molar-refractivity contribution in [3.8, 4) is 33.1 Å². The van der Waals surface area contributed by atoms with Crippen LogP contribution in [0.25, 0.3) is 55.0 Å². The Balaban J connectivity index is 1.39. The van der Waals surface area contributed by atoms with E-state index >= 15 is 0 Å². The van der Waals surface area contributed by atoms with Crippen molar-refractivity contribution in [3.63, 3.8) is 0 Å². The molecule has 0 aliphatic rings. The van der Waals surface area contributed by atoms with Crippen molar-refractivity contribution >= 4 is 50.7 Å². The van der Waals surface area contributed by atoms with Crippen LogP contribution < -0.4 is 5.32 Å². The van der Waals surface area contributed by atoms with E-state index in [1.54, 1.807) is 31.7 Å². The van der Waals surface area contributed by atoms with Gasteiger partial charge in [-0.25, -0.2) is 4.98 Å². The number of aromatic amines is 2. The minimum absolute atomic E-state index is 0.0396. The molecule has 194 valence electrons. The quantitative estimate of drug-likeness (QED) is 0.217. The van der Waals surface area contributed by atoms with Gasteiger partial charge >= 0.3 is 0 Å². The van der Waals surface area contributed by atoms with Gasteiger partial charge in [0.1, 0.15) is 0 Å². The van der Waals surface area contributed by atoms with E-state index in [2.05, 4.69) is 35.5 Å². The molecule has 0 aliphatic carbocycles. The van der Waals surface area contributed by atoms with Crippen molar-refractivity contribution in [1.82, 2.24) is 30.1 Å². The minimum Gasteiger partial charge on any atom is -0.353 e. The number of carbonyl (C=O) groups is 2. The molecule has 0 unspecified atom stereocenters. The Hall–Kier alpha value is -4.70. The van der Waals surface area contributed by atoms with Crippen molar-refractivity contribution in [2.45, 2.75) is 27.7 Å². The van der Waals surface area contributed by atoms with Gasteiger partial charge in [-0.2, -0.15) is 5.10 Å². The monoisotopic (exact) mass is 535 g/mol. The van der Waals surface area contributed by atoms with Crippen LogP contribution in [0.1, 0.15) is 37.4 Å². The van der Waals surface area contributed by atoms with E-state index in [1.165, 1.54) is 11.3 Å². The van der Waals surface area contributed by atoms with Crippen LogP contribution in [-0.4, -0.2) is 41.8 Å². The molecule has 9 nitrogen and oxygen atoms in total. The van der Waals surface area contributed by atoms with Crippen LogP contribution in [0, 0.1) is 5.41 Å². The normalized spacial score (nSPS) is 11.8. The number of carbonyl (C=O) groups excluding carboxylic acids is 2. The number of nitrogens with one attached hydrogen (secondary N) is 3. The number of hydrogen-bond acceptors (Lipinski definition) is 7. The molecule has 0 spiro atoms. The number of amides is 1. The molecule has 6 heterocycles. The molecule has 10 heteroatoms. The smallest absolute Gasteiger partial charge is 0.229 e. The summed E-state index contributed by atoms with van der Waals surface area (Å²) in [6.07, 6.45) is 6.88. The highest BCUT2D eigenvalue weighted by molar-refractivity contribution is 7.17. The third-order valence-corrected chi connectivity index (χ3v) is 7.62. The fourth-order valence-electron chi connectivity index (χ4n) is 4.29. The molecular weight excluding hydrogens is 510 g/mol. The second-order valence-electron chi connectivity index (χ2n) is 10.4. The van der Waals surface area contributed by atoms with Crippen molar-refractivity contribution in [2.24, 2.45) is 5.41 Å². The average Bonchev–Trinajstić information content (AvgIpc) is 3.65. The first-order chi connectivity index (χ1) is 18.7. The zero-order valence-electron chi connectivity index (χ0n) is 21.8. The number of H-pyrrole nitrogens is 2. The topological polar surface area (TPSA) is 129 Å². The van der Waals surface area contributed by atoms with Gasteiger partial charge in [0.25, 0.3) is 0 Å². The summed E-state index contributed by atoms with van der Waals surface area (Å²) in [5.74, 6) is -0.0439. The van der Waals surface area contributed by atoms with Gasteiger partial charge in [0.15, 0.2) is 11.4 Å². The molecule has 1 amide bonds. The highest BCUT2D eigenvalue weighted by atomic mass is 32.1. The minimum atomic E-state index is -0.518. The summed E-state index contributed by atoms with van der Waals surface area (Å²) in [7, 11) is 0. The van der Waals surface area contributed by atoms with Crippen LogP contribution >= 0.6 is 11.3 Å². The van der Waals surface area contributed by atoms with E-state index in [1.807, 2.05) is 57.2 Å². The summed E-state index contributed by atoms with van der Waals surface area (Å²) in [5, 5.41) is 12.3. The van der Waals surface area contributed by atoms with Gasteiger partial charge in [-0.3, -0.25) is 24.7 Å². The summed E-state index contributed by atoms with van der Waals surface area (Å²) < 4.78 is 0. The largest absolute Gasteiger partial charge is 0.353 e. The average molecular weight is 536 g/mol. The highest BCUT2D eigenvalue weighted by Crippen LogP contribution is 2.36. The Morgan fingerprint density at radius 2 is 1.77 bits per heavy atom. The number of hydrogen-bond donors (Lipinski definition) is 3. The maximum Gasteiger partial charge on any atom is 0.229 e. The zero-order chi connectivity index (χ0) is 27.3. The predicted octanol–water partition coefficient (Wildman–Crippen LogP) is 6.48. The molecule has 6 aromatic heterocycles. The van der Waals surface area contributed by atoms with Gasteiger partial charge in [0.05, 0.1) is 38.7 Å². The van der Waals surface area contributed by atoms with Crippen LogP contribution in [0.15, 0.2) is 61.2 Å². The molecule has 0 saturated heterocycles. The number of anilines is 1. The van der Waals surface area contributed by atoms with E-state index in [4.69, 9.17) is 0 Å². The number of aromatic nitrogens is 6. The van der Waals surface area contributed by atoms with Gasteiger partial charge in [0, 0.05) is 51.4 Å². The zero-order valence-corrected chi connectivity index (χ0v) is 22.6. The van der Waals surface area contributed by atoms with Gasteiger partial charge < -0.3 is 10.3 Å². The number of nitrogens with zero attached hydrogens (tertiary/aromatic N) is 4. The van der Waals surface area contributed by atoms with E-state index in [0.717, 1.165) is 49.4 Å². The molecule has 39 heavy (non-hydrogen) atoms. The Bertz CT molecular complexity index is 1890. The fourth-order valence-corrected chi connectivity index (χ4v) is 5.20. The van der Waals surface area contributed by atoms with Crippen LogP contribution in [0.4, 0.5) is 5.69 Å². The molecule has 0 saturated carbocycles. The van der Waals surface area contributed by atoms with Gasteiger partial charge in [0.2, 0.25) is 5.91 Å². The number of ketones is 1. The Morgan fingerprint density at radius 3 is 2.54 bits per heavy atom. The van der Waals surface area contributed by atoms with Crippen molar-refractivity contribution in [2.75, 3.05) is 5.32 Å². The first-order valence-electron chi connectivity index (χ1n) is 12.4. The fraction of sp³-hybridized carbons (Fsp3) is 0.172. The predicted molar refractivity (Wildman–Crippen MR) is 154 cm³/mol. The molecule has 0 aliphatic heterocycles. The van der Waals surface area contributed by atoms with Crippen LogP contribution in [0.5, 0.6) is 0 Å². The first kappa shape index (κ1) is 24.6. The molecule has 0 radical (unpaired) electrons. The molecule has 0 bridgehead atoms. The number of thiophene rings is 1. The molecule has 3 N–H and O–H groups in total. The number of fused-ring (bicyclic) bond motifs is 2. The van der Waals surface area contributed by atoms with Crippen molar-refractivity contribution < 1.29 is 9.59 Å². The lowest BCUT2D eigenvalue weighted by Gasteiger charge is -2.17. The van der Waals surface area contributed by atoms with Crippen molar-refractivity contribution in [1.29, 1.82) is 0 Å². The molecular formula is C29H25N7O2S. The second kappa shape index (κ2) is 9.25. The number of pyridine rings is 3. The highest BCUT2D eigenvalue weighted by Gasteiger charge is 2.21. The van der Waals surface area contributed by atoms with E-state index in [9.17, 15) is 9.59 Å². The Kier molecular flexibility index (Phi) is 5.84. The number of rotatable bonds is 5. The lowest BCUT2D eigenvalue weighted by atomic mass is 9.95. The summed E-state index contributed by atoms with van der Waals surface area (Å²) >= 11 is 1.44. The summed E-state index contributed by atoms with van der Waals surface area (Å²) in [6.45, 7) is 7.16. The van der Waals surface area contributed by atoms with Gasteiger partial charge in [-0.05, 0) is 43.3 Å². The maximum atomic E-state index is 12.5. The standard InChI is InChI=1S/C29H25N7O2S/c1-15(37)23-5-6-24(39-23)26-19-11-22(34-21(19)7-8-31-26)25-20-10-17(13-32-27(20)36-35-25)16-9-18(14-30-12-16)33-28(38)29(2,3)4/h5-14,34H,1-4H3,(H,33,38)(H,32,35,36). The molecule has 0 atom stereocenters. The summed E-state index contributed by atoms with van der Waals surface area (Å²) in [5.41, 5.74) is 5.73. The Morgan fingerprint density at radius 1 is 0.949 bits per heavy atom. The van der Waals surface area contributed by atoms with Crippen molar-refractivity contribution in [3.05, 3.63) is 66.1 Å². The van der Waals surface area contributed by atoms with Crippen LogP contribution in [-0.2, 0) is 4.79 Å². The molecule has 6 rings (SSSR count). The molecule has 0 fully saturated rings. The number of Topliss-reactive ketones (excluding diaryl/α,β-unsaturated/α-hetero) is 1. The molecule has 6 aromatic rings. The lowest BCUT2D eigenvalue weighted by molar-refractivity contribution is -0.123. The third kappa shape index (κ3) is 4.59. The summed E-state index contributed by atoms with van der Waals surface area (Å²) in [4.78, 5) is 42.9. The van der Waals surface area contributed by atoms with E-state index < -0.39 is 5.41 Å². The lowest BCUT2D eigenvalue weighted by Crippen LogP contribution is -2.27.